The minimum Gasteiger partial charge on any atom is -0.489 e. The van der Waals surface area contributed by atoms with Crippen LogP contribution in [0.1, 0.15) is 23.6 Å². The Morgan fingerprint density at radius 2 is 1.93 bits per heavy atom. The highest BCUT2D eigenvalue weighted by Gasteiger charge is 2.10. The number of rotatable bonds is 12. The molecule has 0 fully saturated rings. The summed E-state index contributed by atoms with van der Waals surface area (Å²) in [6.45, 7) is 5.17. The maximum Gasteiger partial charge on any atom is 0.260 e. The summed E-state index contributed by atoms with van der Waals surface area (Å²) in [7, 11) is 3.88. The minimum atomic E-state index is -0.287. The summed E-state index contributed by atoms with van der Waals surface area (Å²) in [4.78, 5) is 28.0. The topological polar surface area (TPSA) is 101 Å². The molecule has 1 amide bonds. The lowest BCUT2D eigenvalue weighted by Crippen LogP contribution is -2.33. The van der Waals surface area contributed by atoms with E-state index in [4.69, 9.17) is 9.57 Å². The summed E-state index contributed by atoms with van der Waals surface area (Å²) >= 11 is 0. The Kier molecular flexibility index (Phi) is 9.58. The van der Waals surface area contributed by atoms with Crippen LogP contribution in [-0.2, 0) is 16.2 Å². The number of anilines is 2. The average molecular weight is 545 g/mol. The molecule has 4 rings (SSSR count). The van der Waals surface area contributed by atoms with Gasteiger partial charge in [0, 0.05) is 24.2 Å². The largest absolute Gasteiger partial charge is 0.489 e. The van der Waals surface area contributed by atoms with Crippen molar-refractivity contribution in [3.63, 3.8) is 0 Å². The number of nitrogens with zero attached hydrogens (tertiary/aromatic N) is 4. The van der Waals surface area contributed by atoms with Gasteiger partial charge in [0.15, 0.2) is 6.61 Å². The second-order valence-corrected chi connectivity index (χ2v) is 9.58. The Morgan fingerprint density at radius 3 is 2.70 bits per heavy atom. The summed E-state index contributed by atoms with van der Waals surface area (Å²) in [6.07, 6.45) is 1.51. The molecule has 0 radical (unpaired) electrons. The number of oxime groups is 1. The number of ether oxygens (including phenoxy) is 1. The van der Waals surface area contributed by atoms with Gasteiger partial charge in [-0.25, -0.2) is 14.4 Å². The van der Waals surface area contributed by atoms with Crippen LogP contribution in [0.2, 0.25) is 0 Å². The molecule has 0 saturated carbocycles. The molecule has 2 N–H and O–H groups in total. The van der Waals surface area contributed by atoms with Crippen molar-refractivity contribution in [1.29, 1.82) is 0 Å². The Bertz CT molecular complexity index is 1510. The predicted molar refractivity (Wildman–Crippen MR) is 154 cm³/mol. The van der Waals surface area contributed by atoms with Gasteiger partial charge in [0.2, 0.25) is 0 Å². The summed E-state index contributed by atoms with van der Waals surface area (Å²) in [5, 5.41) is 11.1. The monoisotopic (exact) mass is 544 g/mol. The molecule has 208 valence electrons. The van der Waals surface area contributed by atoms with Gasteiger partial charge < -0.3 is 25.1 Å². The van der Waals surface area contributed by atoms with Crippen LogP contribution in [0.3, 0.4) is 0 Å². The van der Waals surface area contributed by atoms with Crippen LogP contribution in [0.15, 0.2) is 72.1 Å². The number of carbonyl (C=O) groups excluding carboxylic acids is 1. The molecule has 3 aromatic carbocycles. The first-order chi connectivity index (χ1) is 19.3. The zero-order valence-electron chi connectivity index (χ0n) is 23.1. The first kappa shape index (κ1) is 28.4. The van der Waals surface area contributed by atoms with Crippen LogP contribution < -0.4 is 15.4 Å². The zero-order valence-corrected chi connectivity index (χ0v) is 23.1. The van der Waals surface area contributed by atoms with Crippen LogP contribution >= 0.6 is 0 Å². The van der Waals surface area contributed by atoms with E-state index in [-0.39, 0.29) is 24.9 Å². The molecular formula is C30H33FN6O3. The van der Waals surface area contributed by atoms with E-state index in [1.807, 2.05) is 75.3 Å². The number of nitrogens with one attached hydrogen (secondary N) is 2. The zero-order chi connectivity index (χ0) is 28.5. The molecule has 1 heterocycles. The van der Waals surface area contributed by atoms with Crippen LogP contribution in [-0.4, -0.2) is 60.3 Å². The van der Waals surface area contributed by atoms with Gasteiger partial charge in [-0.1, -0.05) is 23.4 Å². The standard InChI is InChI=1S/C30H33FN6O3/c1-20-14-25(9-11-28(20)39-17-22-6-5-7-24(31)15-22)35-30-26-16-23(8-10-27(26)33-19-34-30)21(2)36-40-18-29(38)32-12-13-37(3)4/h5-11,14-16,19H,12-13,17-18H2,1-4H3,(H,32,38)(H,33,34,35)/b36-21+. The third kappa shape index (κ3) is 7.97. The minimum absolute atomic E-state index is 0.157. The highest BCUT2D eigenvalue weighted by atomic mass is 19.1. The number of aromatic nitrogens is 2. The number of amides is 1. The number of carbonyl (C=O) groups is 1. The molecule has 40 heavy (non-hydrogen) atoms. The van der Waals surface area contributed by atoms with Crippen molar-refractivity contribution < 1.29 is 18.8 Å². The lowest BCUT2D eigenvalue weighted by atomic mass is 10.1. The SMILES string of the molecule is C/C(=N\OCC(=O)NCCN(C)C)c1ccc2ncnc(Nc3ccc(OCc4cccc(F)c4)c(C)c3)c2c1. The lowest BCUT2D eigenvalue weighted by molar-refractivity contribution is -0.125. The van der Waals surface area contributed by atoms with Crippen molar-refractivity contribution in [1.82, 2.24) is 20.2 Å². The molecule has 1 aromatic heterocycles. The second kappa shape index (κ2) is 13.5. The van der Waals surface area contributed by atoms with Crippen LogP contribution in [0, 0.1) is 12.7 Å². The Balaban J connectivity index is 1.42. The van der Waals surface area contributed by atoms with Gasteiger partial charge in [0.05, 0.1) is 11.2 Å². The summed E-state index contributed by atoms with van der Waals surface area (Å²) in [5.41, 5.74) is 4.71. The fourth-order valence-corrected chi connectivity index (χ4v) is 3.91. The Morgan fingerprint density at radius 1 is 1.07 bits per heavy atom. The molecule has 4 aromatic rings. The van der Waals surface area contributed by atoms with E-state index in [1.54, 1.807) is 6.07 Å². The molecule has 0 atom stereocenters. The highest BCUT2D eigenvalue weighted by Crippen LogP contribution is 2.28. The van der Waals surface area contributed by atoms with Gasteiger partial charge in [-0.2, -0.15) is 0 Å². The van der Waals surface area contributed by atoms with E-state index < -0.39 is 0 Å². The quantitative estimate of drug-likeness (QED) is 0.195. The molecule has 9 nitrogen and oxygen atoms in total. The molecule has 10 heteroatoms. The van der Waals surface area contributed by atoms with Gasteiger partial charge in [-0.3, -0.25) is 4.79 Å². The number of halogens is 1. The van der Waals surface area contributed by atoms with Crippen LogP contribution in [0.5, 0.6) is 5.75 Å². The van der Waals surface area contributed by atoms with Gasteiger partial charge in [0.25, 0.3) is 5.91 Å². The maximum atomic E-state index is 13.5. The number of aryl methyl sites for hydroxylation is 1. The van der Waals surface area contributed by atoms with Crippen molar-refractivity contribution in [2.75, 3.05) is 39.1 Å². The third-order valence-corrected chi connectivity index (χ3v) is 6.05. The fraction of sp³-hybridized carbons (Fsp3) is 0.267. The van der Waals surface area contributed by atoms with Crippen LogP contribution in [0.25, 0.3) is 10.9 Å². The molecule has 0 unspecified atom stereocenters. The summed E-state index contributed by atoms with van der Waals surface area (Å²) < 4.78 is 19.4. The first-order valence-corrected chi connectivity index (χ1v) is 12.9. The molecular weight excluding hydrogens is 511 g/mol. The third-order valence-electron chi connectivity index (χ3n) is 6.05. The van der Waals surface area contributed by atoms with Crippen LogP contribution in [0.4, 0.5) is 15.9 Å². The number of hydrogen-bond donors (Lipinski definition) is 2. The van der Waals surface area contributed by atoms with Crippen molar-refractivity contribution in [3.8, 4) is 5.75 Å². The van der Waals surface area contributed by atoms with E-state index >= 15 is 0 Å². The maximum absolute atomic E-state index is 13.5. The molecule has 0 spiro atoms. The van der Waals surface area contributed by atoms with E-state index in [1.165, 1.54) is 18.5 Å². The highest BCUT2D eigenvalue weighted by molar-refractivity contribution is 6.03. The average Bonchev–Trinajstić information content (AvgIpc) is 2.92. The molecule has 0 aliphatic carbocycles. The molecule has 0 aliphatic heterocycles. The number of hydrogen-bond acceptors (Lipinski definition) is 8. The van der Waals surface area contributed by atoms with Gasteiger partial charge >= 0.3 is 0 Å². The molecule has 0 bridgehead atoms. The van der Waals surface area contributed by atoms with E-state index in [0.29, 0.717) is 23.8 Å². The first-order valence-electron chi connectivity index (χ1n) is 12.9. The summed E-state index contributed by atoms with van der Waals surface area (Å²) in [5.74, 6) is 0.833. The van der Waals surface area contributed by atoms with Crippen molar-refractivity contribution >= 4 is 34.0 Å². The normalized spacial score (nSPS) is 11.5. The van der Waals surface area contributed by atoms with Gasteiger partial charge in [-0.15, -0.1) is 0 Å². The van der Waals surface area contributed by atoms with Gasteiger partial charge in [0.1, 0.15) is 30.3 Å². The number of likely N-dealkylation sites (N-methyl/N-ethyl adjacent to an activating group) is 1. The molecule has 0 aliphatic rings. The van der Waals surface area contributed by atoms with Crippen molar-refractivity contribution in [2.45, 2.75) is 20.5 Å². The predicted octanol–water partition coefficient (Wildman–Crippen LogP) is 4.82. The lowest BCUT2D eigenvalue weighted by Gasteiger charge is -2.13. The Labute approximate surface area is 233 Å². The van der Waals surface area contributed by atoms with Crippen molar-refractivity contribution in [2.24, 2.45) is 5.16 Å². The van der Waals surface area contributed by atoms with Gasteiger partial charge in [-0.05, 0) is 87.1 Å². The summed E-state index contributed by atoms with van der Waals surface area (Å²) in [6, 6.07) is 17.8. The number of fused-ring (bicyclic) bond motifs is 1. The number of benzene rings is 3. The fourth-order valence-electron chi connectivity index (χ4n) is 3.91. The second-order valence-electron chi connectivity index (χ2n) is 9.58. The molecule has 0 saturated heterocycles. The van der Waals surface area contributed by atoms with E-state index in [9.17, 15) is 9.18 Å². The Hall–Kier alpha value is -4.57. The van der Waals surface area contributed by atoms with E-state index in [0.717, 1.165) is 39.8 Å². The smallest absolute Gasteiger partial charge is 0.260 e. The van der Waals surface area contributed by atoms with Crippen molar-refractivity contribution in [3.05, 3.63) is 89.5 Å². The van der Waals surface area contributed by atoms with E-state index in [2.05, 4.69) is 25.8 Å².